The molecule has 0 bridgehead atoms. The second-order valence-corrected chi connectivity index (χ2v) is 4.96. The summed E-state index contributed by atoms with van der Waals surface area (Å²) in [6.45, 7) is 3.91. The van der Waals surface area contributed by atoms with E-state index in [1.165, 1.54) is 0 Å². The number of halogens is 2. The molecule has 0 saturated carbocycles. The normalized spacial score (nSPS) is 10.4. The summed E-state index contributed by atoms with van der Waals surface area (Å²) in [7, 11) is 0. The van der Waals surface area contributed by atoms with Crippen LogP contribution in [0.2, 0.25) is 10.0 Å². The van der Waals surface area contributed by atoms with Crippen molar-refractivity contribution >= 4 is 29.0 Å². The Morgan fingerprint density at radius 2 is 1.56 bits per heavy atom. The minimum Gasteiger partial charge on any atom is -0.289 e. The molecule has 3 heteroatoms. The summed E-state index contributed by atoms with van der Waals surface area (Å²) in [5.41, 5.74) is 3.16. The summed E-state index contributed by atoms with van der Waals surface area (Å²) in [6.07, 6.45) is 0. The van der Waals surface area contributed by atoms with Gasteiger partial charge >= 0.3 is 0 Å². The minimum absolute atomic E-state index is 0.0938. The molecule has 2 aromatic rings. The van der Waals surface area contributed by atoms with Gasteiger partial charge in [0.25, 0.3) is 0 Å². The van der Waals surface area contributed by atoms with Gasteiger partial charge in [0.05, 0.1) is 10.0 Å². The standard InChI is InChI=1S/C15H12Cl2O/c1-9-5-3-6-11(10(9)2)15(18)12-7-4-8-13(16)14(12)17/h3-8H,1-2H3. The Morgan fingerprint density at radius 1 is 0.944 bits per heavy atom. The van der Waals surface area contributed by atoms with Gasteiger partial charge in [-0.3, -0.25) is 4.79 Å². The number of hydrogen-bond acceptors (Lipinski definition) is 1. The molecule has 0 aliphatic heterocycles. The molecule has 2 aromatic carbocycles. The summed E-state index contributed by atoms with van der Waals surface area (Å²) in [4.78, 5) is 12.4. The van der Waals surface area contributed by atoms with Gasteiger partial charge in [0.1, 0.15) is 0 Å². The average Bonchev–Trinajstić information content (AvgIpc) is 2.35. The Bertz CT molecular complexity index is 564. The number of hydrogen-bond donors (Lipinski definition) is 0. The van der Waals surface area contributed by atoms with E-state index in [9.17, 15) is 4.79 Å². The van der Waals surface area contributed by atoms with E-state index in [0.29, 0.717) is 21.2 Å². The quantitative estimate of drug-likeness (QED) is 0.719. The van der Waals surface area contributed by atoms with Gasteiger partial charge in [-0.2, -0.15) is 0 Å². The summed E-state index contributed by atoms with van der Waals surface area (Å²) < 4.78 is 0. The fourth-order valence-corrected chi connectivity index (χ4v) is 2.21. The van der Waals surface area contributed by atoms with Crippen LogP contribution in [0.25, 0.3) is 0 Å². The van der Waals surface area contributed by atoms with Crippen LogP contribution in [-0.4, -0.2) is 5.78 Å². The SMILES string of the molecule is Cc1cccc(C(=O)c2cccc(Cl)c2Cl)c1C. The zero-order valence-corrected chi connectivity index (χ0v) is 11.6. The van der Waals surface area contributed by atoms with Gasteiger partial charge in [0.15, 0.2) is 5.78 Å². The number of carbonyl (C=O) groups is 1. The molecular formula is C15H12Cl2O. The van der Waals surface area contributed by atoms with Crippen LogP contribution in [-0.2, 0) is 0 Å². The molecule has 92 valence electrons. The topological polar surface area (TPSA) is 17.1 Å². The third-order valence-electron chi connectivity index (χ3n) is 3.05. The molecule has 0 amide bonds. The van der Waals surface area contributed by atoms with Crippen LogP contribution < -0.4 is 0 Å². The molecule has 0 aromatic heterocycles. The van der Waals surface area contributed by atoms with Crippen LogP contribution >= 0.6 is 23.2 Å². The first kappa shape index (κ1) is 13.1. The Balaban J connectivity index is 2.55. The molecule has 0 aliphatic rings. The van der Waals surface area contributed by atoms with Gasteiger partial charge < -0.3 is 0 Å². The van der Waals surface area contributed by atoms with Crippen molar-refractivity contribution in [1.82, 2.24) is 0 Å². The van der Waals surface area contributed by atoms with E-state index in [1.54, 1.807) is 18.2 Å². The van der Waals surface area contributed by atoms with E-state index in [1.807, 2.05) is 32.0 Å². The molecule has 18 heavy (non-hydrogen) atoms. The fourth-order valence-electron chi connectivity index (χ4n) is 1.82. The van der Waals surface area contributed by atoms with Crippen molar-refractivity contribution in [1.29, 1.82) is 0 Å². The molecular weight excluding hydrogens is 267 g/mol. The Hall–Kier alpha value is -1.31. The van der Waals surface area contributed by atoms with Gasteiger partial charge in [0.2, 0.25) is 0 Å². The lowest BCUT2D eigenvalue weighted by molar-refractivity contribution is 0.103. The van der Waals surface area contributed by atoms with Gasteiger partial charge in [0, 0.05) is 11.1 Å². The molecule has 0 aliphatic carbocycles. The van der Waals surface area contributed by atoms with Crippen LogP contribution in [0.4, 0.5) is 0 Å². The van der Waals surface area contributed by atoms with E-state index in [0.717, 1.165) is 11.1 Å². The first-order valence-corrected chi connectivity index (χ1v) is 6.33. The number of ketones is 1. The van der Waals surface area contributed by atoms with Crippen LogP contribution in [0.5, 0.6) is 0 Å². The molecule has 0 radical (unpaired) electrons. The second-order valence-electron chi connectivity index (χ2n) is 4.18. The van der Waals surface area contributed by atoms with Crippen LogP contribution in [0, 0.1) is 13.8 Å². The second kappa shape index (κ2) is 5.13. The van der Waals surface area contributed by atoms with Crippen LogP contribution in [0.15, 0.2) is 36.4 Å². The number of rotatable bonds is 2. The largest absolute Gasteiger partial charge is 0.289 e. The van der Waals surface area contributed by atoms with Gasteiger partial charge in [-0.25, -0.2) is 0 Å². The molecule has 0 spiro atoms. The predicted octanol–water partition coefficient (Wildman–Crippen LogP) is 4.84. The number of carbonyl (C=O) groups excluding carboxylic acids is 1. The van der Waals surface area contributed by atoms with E-state index < -0.39 is 0 Å². The van der Waals surface area contributed by atoms with Crippen molar-refractivity contribution in [3.05, 3.63) is 68.7 Å². The molecule has 0 saturated heterocycles. The maximum atomic E-state index is 12.4. The van der Waals surface area contributed by atoms with E-state index >= 15 is 0 Å². The molecule has 0 heterocycles. The van der Waals surface area contributed by atoms with Crippen molar-refractivity contribution in [2.24, 2.45) is 0 Å². The van der Waals surface area contributed by atoms with Crippen molar-refractivity contribution in [3.63, 3.8) is 0 Å². The van der Waals surface area contributed by atoms with Crippen molar-refractivity contribution in [2.45, 2.75) is 13.8 Å². The third kappa shape index (κ3) is 2.29. The molecule has 0 unspecified atom stereocenters. The lowest BCUT2D eigenvalue weighted by atomic mass is 9.96. The summed E-state index contributed by atoms with van der Waals surface area (Å²) in [5, 5.41) is 0.706. The Labute approximate surface area is 116 Å². The molecule has 1 nitrogen and oxygen atoms in total. The highest BCUT2D eigenvalue weighted by Gasteiger charge is 2.16. The molecule has 2 rings (SSSR count). The lowest BCUT2D eigenvalue weighted by Crippen LogP contribution is -2.05. The zero-order chi connectivity index (χ0) is 13.3. The van der Waals surface area contributed by atoms with Crippen molar-refractivity contribution < 1.29 is 4.79 Å². The highest BCUT2D eigenvalue weighted by atomic mass is 35.5. The van der Waals surface area contributed by atoms with Gasteiger partial charge in [-0.05, 0) is 37.1 Å². The van der Waals surface area contributed by atoms with Gasteiger partial charge in [-0.15, -0.1) is 0 Å². The van der Waals surface area contributed by atoms with Crippen molar-refractivity contribution in [3.8, 4) is 0 Å². The predicted molar refractivity (Wildman–Crippen MR) is 75.8 cm³/mol. The van der Waals surface area contributed by atoms with Crippen LogP contribution in [0.3, 0.4) is 0 Å². The van der Waals surface area contributed by atoms with Crippen molar-refractivity contribution in [2.75, 3.05) is 0 Å². The first-order chi connectivity index (χ1) is 8.52. The Morgan fingerprint density at radius 3 is 2.28 bits per heavy atom. The van der Waals surface area contributed by atoms with E-state index in [-0.39, 0.29) is 5.78 Å². The lowest BCUT2D eigenvalue weighted by Gasteiger charge is -2.09. The molecule has 0 N–H and O–H groups in total. The molecule has 0 atom stereocenters. The Kier molecular flexibility index (Phi) is 3.74. The number of aryl methyl sites for hydroxylation is 1. The molecule has 0 fully saturated rings. The minimum atomic E-state index is -0.0938. The zero-order valence-electron chi connectivity index (χ0n) is 10.1. The van der Waals surface area contributed by atoms with Crippen LogP contribution in [0.1, 0.15) is 27.0 Å². The summed E-state index contributed by atoms with van der Waals surface area (Å²) in [5.74, 6) is -0.0938. The maximum absolute atomic E-state index is 12.4. The first-order valence-electron chi connectivity index (χ1n) is 5.57. The number of benzene rings is 2. The van der Waals surface area contributed by atoms with E-state index in [4.69, 9.17) is 23.2 Å². The summed E-state index contributed by atoms with van der Waals surface area (Å²) in [6, 6.07) is 10.7. The highest BCUT2D eigenvalue weighted by Crippen LogP contribution is 2.28. The third-order valence-corrected chi connectivity index (χ3v) is 3.86. The fraction of sp³-hybridized carbons (Fsp3) is 0.133. The smallest absolute Gasteiger partial charge is 0.194 e. The highest BCUT2D eigenvalue weighted by molar-refractivity contribution is 6.44. The van der Waals surface area contributed by atoms with Gasteiger partial charge in [-0.1, -0.05) is 47.5 Å². The summed E-state index contributed by atoms with van der Waals surface area (Å²) >= 11 is 12.0. The van der Waals surface area contributed by atoms with E-state index in [2.05, 4.69) is 0 Å². The monoisotopic (exact) mass is 278 g/mol. The maximum Gasteiger partial charge on any atom is 0.194 e. The average molecular weight is 279 g/mol.